The number of nitrogens with zero attached hydrogens (tertiary/aromatic N) is 1. The van der Waals surface area contributed by atoms with E-state index in [0.29, 0.717) is 23.6 Å². The summed E-state index contributed by atoms with van der Waals surface area (Å²) in [5.41, 5.74) is 1.14. The number of nitrogens with two attached hydrogens (primary N) is 1. The number of nitriles is 1. The number of anilines is 1. The van der Waals surface area contributed by atoms with Gasteiger partial charge in [0.2, 0.25) is 10.0 Å². The van der Waals surface area contributed by atoms with Crippen molar-refractivity contribution >= 4 is 27.3 Å². The third kappa shape index (κ3) is 5.04. The molecule has 0 saturated carbocycles. The minimum atomic E-state index is -3.41. The van der Waals surface area contributed by atoms with Gasteiger partial charge in [-0.3, -0.25) is 0 Å². The summed E-state index contributed by atoms with van der Waals surface area (Å²) in [5, 5.41) is 16.9. The highest BCUT2D eigenvalue weighted by atomic mass is 35.5. The van der Waals surface area contributed by atoms with Gasteiger partial charge in [0.25, 0.3) is 0 Å². The van der Waals surface area contributed by atoms with E-state index in [-0.39, 0.29) is 5.75 Å². The predicted octanol–water partition coefficient (Wildman–Crippen LogP) is 1.30. The van der Waals surface area contributed by atoms with Crippen LogP contribution < -0.4 is 10.5 Å². The molecule has 17 heavy (non-hydrogen) atoms. The van der Waals surface area contributed by atoms with Gasteiger partial charge in [-0.2, -0.15) is 5.26 Å². The second-order valence-corrected chi connectivity index (χ2v) is 5.59. The first kappa shape index (κ1) is 13.8. The average Bonchev–Trinajstić information content (AvgIpc) is 2.23. The van der Waals surface area contributed by atoms with Crippen LogP contribution in [0, 0.1) is 11.3 Å². The highest BCUT2D eigenvalue weighted by molar-refractivity contribution is 7.89. The molecule has 0 bridgehead atoms. The van der Waals surface area contributed by atoms with E-state index in [1.54, 1.807) is 18.2 Å². The van der Waals surface area contributed by atoms with Crippen molar-refractivity contribution in [2.75, 3.05) is 17.6 Å². The Bertz CT molecular complexity index is 537. The molecule has 0 radical (unpaired) electrons. The van der Waals surface area contributed by atoms with Crippen molar-refractivity contribution in [1.82, 2.24) is 0 Å². The molecule has 0 fully saturated rings. The van der Waals surface area contributed by atoms with Gasteiger partial charge in [-0.15, -0.1) is 0 Å². The first-order valence-electron chi connectivity index (χ1n) is 4.86. The summed E-state index contributed by atoms with van der Waals surface area (Å²) in [6, 6.07) is 6.89. The highest BCUT2D eigenvalue weighted by Gasteiger charge is 2.03. The van der Waals surface area contributed by atoms with Crippen LogP contribution >= 0.6 is 11.6 Å². The molecular weight excluding hydrogens is 262 g/mol. The Morgan fingerprint density at radius 3 is 2.71 bits per heavy atom. The molecular formula is C10H12ClN3O2S. The average molecular weight is 274 g/mol. The summed E-state index contributed by atoms with van der Waals surface area (Å²) in [4.78, 5) is 0. The molecule has 3 N–H and O–H groups in total. The summed E-state index contributed by atoms with van der Waals surface area (Å²) < 4.78 is 21.3. The Morgan fingerprint density at radius 2 is 2.18 bits per heavy atom. The summed E-state index contributed by atoms with van der Waals surface area (Å²) in [7, 11) is -3.41. The van der Waals surface area contributed by atoms with Crippen molar-refractivity contribution in [3.05, 3.63) is 28.8 Å². The van der Waals surface area contributed by atoms with Crippen molar-refractivity contribution in [3.8, 4) is 6.07 Å². The molecule has 0 heterocycles. The zero-order valence-electron chi connectivity index (χ0n) is 8.98. The second kappa shape index (κ2) is 5.87. The number of sulfonamides is 1. The van der Waals surface area contributed by atoms with Crippen LogP contribution in [-0.2, 0) is 10.0 Å². The molecule has 0 aliphatic rings. The lowest BCUT2D eigenvalue weighted by Crippen LogP contribution is -2.18. The van der Waals surface area contributed by atoms with E-state index >= 15 is 0 Å². The van der Waals surface area contributed by atoms with Gasteiger partial charge >= 0.3 is 0 Å². The van der Waals surface area contributed by atoms with Crippen molar-refractivity contribution in [2.45, 2.75) is 6.42 Å². The minimum absolute atomic E-state index is 0.0655. The van der Waals surface area contributed by atoms with Crippen LogP contribution in [0.5, 0.6) is 0 Å². The van der Waals surface area contributed by atoms with E-state index in [1.807, 2.05) is 6.07 Å². The van der Waals surface area contributed by atoms with Gasteiger partial charge in [0, 0.05) is 12.2 Å². The van der Waals surface area contributed by atoms with E-state index in [4.69, 9.17) is 22.0 Å². The minimum Gasteiger partial charge on any atom is -0.385 e. The van der Waals surface area contributed by atoms with Gasteiger partial charge in [-0.25, -0.2) is 13.6 Å². The Morgan fingerprint density at radius 1 is 1.47 bits per heavy atom. The normalized spacial score (nSPS) is 10.9. The Hall–Kier alpha value is -1.29. The molecule has 0 aromatic heterocycles. The largest absolute Gasteiger partial charge is 0.385 e. The number of hydrogen-bond acceptors (Lipinski definition) is 4. The molecule has 92 valence electrons. The summed E-state index contributed by atoms with van der Waals surface area (Å²) in [5.74, 6) is -0.0655. The Balaban J connectivity index is 2.48. The standard InChI is InChI=1S/C10H12ClN3O2S/c11-10-6-9(3-2-8(10)7-12)14-4-1-5-17(13,15)16/h2-3,6,14H,1,4-5H2,(H2,13,15,16). The van der Waals surface area contributed by atoms with Gasteiger partial charge < -0.3 is 5.32 Å². The fraction of sp³-hybridized carbons (Fsp3) is 0.300. The number of benzene rings is 1. The summed E-state index contributed by atoms with van der Waals surface area (Å²) >= 11 is 5.84. The number of nitrogens with one attached hydrogen (secondary N) is 1. The molecule has 7 heteroatoms. The summed E-state index contributed by atoms with van der Waals surface area (Å²) in [6.07, 6.45) is 0.413. The molecule has 1 rings (SSSR count). The van der Waals surface area contributed by atoms with Gasteiger partial charge in [0.15, 0.2) is 0 Å². The molecule has 0 atom stereocenters. The molecule has 1 aromatic rings. The van der Waals surface area contributed by atoms with E-state index < -0.39 is 10.0 Å². The highest BCUT2D eigenvalue weighted by Crippen LogP contribution is 2.19. The maximum Gasteiger partial charge on any atom is 0.209 e. The van der Waals surface area contributed by atoms with Crippen LogP contribution in [0.3, 0.4) is 0 Å². The molecule has 0 saturated heterocycles. The van der Waals surface area contributed by atoms with Crippen LogP contribution in [0.4, 0.5) is 5.69 Å². The van der Waals surface area contributed by atoms with Gasteiger partial charge in [-0.05, 0) is 24.6 Å². The lowest BCUT2D eigenvalue weighted by molar-refractivity contribution is 0.596. The zero-order valence-corrected chi connectivity index (χ0v) is 10.6. The fourth-order valence-electron chi connectivity index (χ4n) is 1.22. The van der Waals surface area contributed by atoms with Crippen LogP contribution in [0.15, 0.2) is 18.2 Å². The number of primary sulfonamides is 1. The molecule has 0 spiro atoms. The number of rotatable bonds is 5. The van der Waals surface area contributed by atoms with E-state index in [9.17, 15) is 8.42 Å². The van der Waals surface area contributed by atoms with E-state index in [2.05, 4.69) is 5.32 Å². The topological polar surface area (TPSA) is 96.0 Å². The SMILES string of the molecule is N#Cc1ccc(NCCCS(N)(=O)=O)cc1Cl. The molecule has 0 amide bonds. The summed E-state index contributed by atoms with van der Waals surface area (Å²) in [6.45, 7) is 0.471. The van der Waals surface area contributed by atoms with Crippen LogP contribution in [0.2, 0.25) is 5.02 Å². The maximum absolute atomic E-state index is 10.7. The Kier molecular flexibility index (Phi) is 4.75. The van der Waals surface area contributed by atoms with Crippen LogP contribution in [-0.4, -0.2) is 20.7 Å². The molecule has 5 nitrogen and oxygen atoms in total. The first-order valence-corrected chi connectivity index (χ1v) is 6.96. The van der Waals surface area contributed by atoms with Gasteiger partial charge in [0.05, 0.1) is 16.3 Å². The zero-order chi connectivity index (χ0) is 12.9. The van der Waals surface area contributed by atoms with Crippen LogP contribution in [0.1, 0.15) is 12.0 Å². The van der Waals surface area contributed by atoms with Gasteiger partial charge in [0.1, 0.15) is 6.07 Å². The van der Waals surface area contributed by atoms with E-state index in [0.717, 1.165) is 5.69 Å². The lowest BCUT2D eigenvalue weighted by Gasteiger charge is -2.06. The monoisotopic (exact) mass is 273 g/mol. The van der Waals surface area contributed by atoms with Crippen molar-refractivity contribution in [2.24, 2.45) is 5.14 Å². The maximum atomic E-state index is 10.7. The van der Waals surface area contributed by atoms with E-state index in [1.165, 1.54) is 0 Å². The molecule has 0 aliphatic heterocycles. The van der Waals surface area contributed by atoms with Crippen LogP contribution in [0.25, 0.3) is 0 Å². The second-order valence-electron chi connectivity index (χ2n) is 3.45. The Labute approximate surface area is 105 Å². The quantitative estimate of drug-likeness (QED) is 0.791. The van der Waals surface area contributed by atoms with Crippen molar-refractivity contribution < 1.29 is 8.42 Å². The lowest BCUT2D eigenvalue weighted by atomic mass is 10.2. The fourth-order valence-corrected chi connectivity index (χ4v) is 1.99. The third-order valence-electron chi connectivity index (χ3n) is 2.02. The van der Waals surface area contributed by atoms with Crippen molar-refractivity contribution in [1.29, 1.82) is 5.26 Å². The first-order chi connectivity index (χ1) is 7.92. The third-order valence-corrected chi connectivity index (χ3v) is 3.19. The number of hydrogen-bond donors (Lipinski definition) is 2. The molecule has 1 aromatic carbocycles. The number of halogens is 1. The molecule has 0 unspecified atom stereocenters. The smallest absolute Gasteiger partial charge is 0.209 e. The van der Waals surface area contributed by atoms with Gasteiger partial charge in [-0.1, -0.05) is 11.6 Å². The van der Waals surface area contributed by atoms with Crippen molar-refractivity contribution in [3.63, 3.8) is 0 Å². The predicted molar refractivity (Wildman–Crippen MR) is 67.2 cm³/mol. The molecule has 0 aliphatic carbocycles.